The SMILES string of the molecule is CN1CCCC1C(=O)Nc1ccc2ncnc(Nc3ccc(F)c(Cl)c3)c2c1. The lowest BCUT2D eigenvalue weighted by Gasteiger charge is -2.19. The Morgan fingerprint density at radius 2 is 2.04 bits per heavy atom. The molecule has 0 bridgehead atoms. The molecule has 0 aliphatic carbocycles. The quantitative estimate of drug-likeness (QED) is 0.688. The number of halogens is 2. The Hall–Kier alpha value is -2.77. The fourth-order valence-corrected chi connectivity index (χ4v) is 3.59. The summed E-state index contributed by atoms with van der Waals surface area (Å²) in [5, 5.41) is 6.88. The van der Waals surface area contributed by atoms with E-state index in [4.69, 9.17) is 11.6 Å². The average molecular weight is 400 g/mol. The van der Waals surface area contributed by atoms with Crippen LogP contribution in [0.4, 0.5) is 21.6 Å². The first-order valence-electron chi connectivity index (χ1n) is 8.99. The largest absolute Gasteiger partial charge is 0.340 e. The standard InChI is InChI=1S/C20H19ClFN5O/c1-27-8-2-3-18(27)20(28)26-12-5-7-17-14(9-12)19(24-11-23-17)25-13-4-6-16(22)15(21)10-13/h4-7,9-11,18H,2-3,8H2,1H3,(H,26,28)(H,23,24,25). The number of carbonyl (C=O) groups is 1. The normalized spacial score (nSPS) is 17.0. The zero-order valence-electron chi connectivity index (χ0n) is 15.2. The van der Waals surface area contributed by atoms with E-state index >= 15 is 0 Å². The van der Waals surface area contributed by atoms with Gasteiger partial charge in [-0.3, -0.25) is 9.69 Å². The highest BCUT2D eigenvalue weighted by molar-refractivity contribution is 6.31. The van der Waals surface area contributed by atoms with Crippen molar-refractivity contribution < 1.29 is 9.18 Å². The Labute approximate surface area is 166 Å². The summed E-state index contributed by atoms with van der Waals surface area (Å²) in [4.78, 5) is 23.2. The molecule has 1 unspecified atom stereocenters. The van der Waals surface area contributed by atoms with Crippen molar-refractivity contribution in [2.45, 2.75) is 18.9 Å². The summed E-state index contributed by atoms with van der Waals surface area (Å²) in [5.41, 5.74) is 2.00. The first-order chi connectivity index (χ1) is 13.5. The van der Waals surface area contributed by atoms with Crippen LogP contribution in [0.1, 0.15) is 12.8 Å². The highest BCUT2D eigenvalue weighted by Crippen LogP contribution is 2.28. The number of benzene rings is 2. The van der Waals surface area contributed by atoms with Crippen molar-refractivity contribution in [1.82, 2.24) is 14.9 Å². The van der Waals surface area contributed by atoms with E-state index in [1.165, 1.54) is 18.5 Å². The van der Waals surface area contributed by atoms with Gasteiger partial charge in [-0.1, -0.05) is 11.6 Å². The van der Waals surface area contributed by atoms with Crippen molar-refractivity contribution in [3.63, 3.8) is 0 Å². The summed E-state index contributed by atoms with van der Waals surface area (Å²) in [6, 6.07) is 9.73. The van der Waals surface area contributed by atoms with Gasteiger partial charge in [0.05, 0.1) is 16.6 Å². The molecule has 1 atom stereocenters. The van der Waals surface area contributed by atoms with Crippen LogP contribution >= 0.6 is 11.6 Å². The first-order valence-corrected chi connectivity index (χ1v) is 9.37. The summed E-state index contributed by atoms with van der Waals surface area (Å²) >= 11 is 5.86. The highest BCUT2D eigenvalue weighted by atomic mass is 35.5. The number of amides is 1. The molecule has 1 fully saturated rings. The second-order valence-electron chi connectivity index (χ2n) is 6.84. The Morgan fingerprint density at radius 1 is 1.21 bits per heavy atom. The molecule has 0 radical (unpaired) electrons. The molecule has 4 rings (SSSR count). The Kier molecular flexibility index (Phi) is 5.11. The molecule has 1 aromatic heterocycles. The summed E-state index contributed by atoms with van der Waals surface area (Å²) in [6.45, 7) is 0.929. The van der Waals surface area contributed by atoms with Crippen molar-refractivity contribution in [3.05, 3.63) is 53.6 Å². The summed E-state index contributed by atoms with van der Waals surface area (Å²) in [5.74, 6) is 0.0411. The van der Waals surface area contributed by atoms with Crippen LogP contribution in [0.15, 0.2) is 42.7 Å². The lowest BCUT2D eigenvalue weighted by atomic mass is 10.1. The third kappa shape index (κ3) is 3.76. The molecule has 1 aliphatic rings. The molecule has 1 aliphatic heterocycles. The molecule has 0 spiro atoms. The van der Waals surface area contributed by atoms with Gasteiger partial charge in [0.15, 0.2) is 0 Å². The molecule has 1 amide bonds. The smallest absolute Gasteiger partial charge is 0.241 e. The zero-order chi connectivity index (χ0) is 19.7. The van der Waals surface area contributed by atoms with E-state index in [1.54, 1.807) is 6.07 Å². The van der Waals surface area contributed by atoms with E-state index in [2.05, 4.69) is 25.5 Å². The van der Waals surface area contributed by atoms with Crippen molar-refractivity contribution in [2.24, 2.45) is 0 Å². The van der Waals surface area contributed by atoms with E-state index < -0.39 is 5.82 Å². The van der Waals surface area contributed by atoms with Gasteiger partial charge in [0.25, 0.3) is 0 Å². The lowest BCUT2D eigenvalue weighted by Crippen LogP contribution is -2.37. The molecule has 1 saturated heterocycles. The molecule has 6 nitrogen and oxygen atoms in total. The fourth-order valence-electron chi connectivity index (χ4n) is 3.41. The van der Waals surface area contributed by atoms with Gasteiger partial charge in [-0.15, -0.1) is 0 Å². The molecule has 2 heterocycles. The molecular formula is C20H19ClFN5O. The predicted molar refractivity (Wildman–Crippen MR) is 109 cm³/mol. The van der Waals surface area contributed by atoms with Crippen LogP contribution in [0.25, 0.3) is 10.9 Å². The molecule has 0 saturated carbocycles. The van der Waals surface area contributed by atoms with Crippen molar-refractivity contribution >= 4 is 45.6 Å². The second-order valence-corrected chi connectivity index (χ2v) is 7.24. The highest BCUT2D eigenvalue weighted by Gasteiger charge is 2.27. The maximum absolute atomic E-state index is 13.4. The Bertz CT molecular complexity index is 1040. The fraction of sp³-hybridized carbons (Fsp3) is 0.250. The van der Waals surface area contributed by atoms with Crippen LogP contribution in [0.2, 0.25) is 5.02 Å². The zero-order valence-corrected chi connectivity index (χ0v) is 16.0. The van der Waals surface area contributed by atoms with Crippen LogP contribution in [0, 0.1) is 5.82 Å². The van der Waals surface area contributed by atoms with E-state index in [0.29, 0.717) is 17.2 Å². The minimum absolute atomic E-state index is 0.0176. The summed E-state index contributed by atoms with van der Waals surface area (Å²) in [6.07, 6.45) is 3.33. The molecule has 3 aromatic rings. The van der Waals surface area contributed by atoms with Gasteiger partial charge in [-0.05, 0) is 62.8 Å². The van der Waals surface area contributed by atoms with Gasteiger partial charge >= 0.3 is 0 Å². The third-order valence-corrected chi connectivity index (χ3v) is 5.20. The molecule has 2 aromatic carbocycles. The topological polar surface area (TPSA) is 70.2 Å². The van der Waals surface area contributed by atoms with Crippen LogP contribution in [0.5, 0.6) is 0 Å². The van der Waals surface area contributed by atoms with Crippen LogP contribution < -0.4 is 10.6 Å². The molecule has 8 heteroatoms. The minimum atomic E-state index is -0.485. The van der Waals surface area contributed by atoms with Crippen molar-refractivity contribution in [2.75, 3.05) is 24.2 Å². The van der Waals surface area contributed by atoms with Crippen LogP contribution in [-0.2, 0) is 4.79 Å². The number of rotatable bonds is 4. The van der Waals surface area contributed by atoms with Gasteiger partial charge < -0.3 is 10.6 Å². The van der Waals surface area contributed by atoms with Gasteiger partial charge in [-0.2, -0.15) is 0 Å². The molecule has 144 valence electrons. The number of fused-ring (bicyclic) bond motifs is 1. The van der Waals surface area contributed by atoms with E-state index in [0.717, 1.165) is 30.3 Å². The Morgan fingerprint density at radius 3 is 2.79 bits per heavy atom. The number of hydrogen-bond acceptors (Lipinski definition) is 5. The maximum Gasteiger partial charge on any atom is 0.241 e. The van der Waals surface area contributed by atoms with Gasteiger partial charge in [0.2, 0.25) is 5.91 Å². The van der Waals surface area contributed by atoms with E-state index in [1.807, 2.05) is 25.2 Å². The number of nitrogens with zero attached hydrogens (tertiary/aromatic N) is 3. The maximum atomic E-state index is 13.4. The van der Waals surface area contributed by atoms with Gasteiger partial charge in [-0.25, -0.2) is 14.4 Å². The molecular weight excluding hydrogens is 381 g/mol. The lowest BCUT2D eigenvalue weighted by molar-refractivity contribution is -0.119. The number of carbonyl (C=O) groups excluding carboxylic acids is 1. The third-order valence-electron chi connectivity index (χ3n) is 4.91. The van der Waals surface area contributed by atoms with Gasteiger partial charge in [0, 0.05) is 16.8 Å². The minimum Gasteiger partial charge on any atom is -0.340 e. The number of likely N-dealkylation sites (tertiary alicyclic amines) is 1. The van der Waals surface area contributed by atoms with Crippen molar-refractivity contribution in [1.29, 1.82) is 0 Å². The van der Waals surface area contributed by atoms with Crippen LogP contribution in [0.3, 0.4) is 0 Å². The van der Waals surface area contributed by atoms with Gasteiger partial charge in [0.1, 0.15) is 18.0 Å². The number of likely N-dealkylation sites (N-methyl/N-ethyl adjacent to an activating group) is 1. The predicted octanol–water partition coefficient (Wildman–Crippen LogP) is 4.20. The number of hydrogen-bond donors (Lipinski definition) is 2. The van der Waals surface area contributed by atoms with Crippen molar-refractivity contribution in [3.8, 4) is 0 Å². The summed E-state index contributed by atoms with van der Waals surface area (Å²) in [7, 11) is 1.96. The summed E-state index contributed by atoms with van der Waals surface area (Å²) < 4.78 is 13.4. The second kappa shape index (κ2) is 7.69. The number of aromatic nitrogens is 2. The number of nitrogens with one attached hydrogen (secondary N) is 2. The van der Waals surface area contributed by atoms with Crippen LogP contribution in [-0.4, -0.2) is 40.4 Å². The molecule has 2 N–H and O–H groups in total. The average Bonchev–Trinajstić information content (AvgIpc) is 3.11. The monoisotopic (exact) mass is 399 g/mol. The first kappa shape index (κ1) is 18.6. The Balaban J connectivity index is 1.61. The number of anilines is 3. The van der Waals surface area contributed by atoms with E-state index in [-0.39, 0.29) is 17.0 Å². The molecule has 28 heavy (non-hydrogen) atoms. The van der Waals surface area contributed by atoms with E-state index in [9.17, 15) is 9.18 Å².